The first-order chi connectivity index (χ1) is 11.5. The molecule has 24 heavy (non-hydrogen) atoms. The molecule has 4 nitrogen and oxygen atoms in total. The van der Waals surface area contributed by atoms with E-state index in [1.54, 1.807) is 48.6 Å². The quantitative estimate of drug-likeness (QED) is 0.679. The van der Waals surface area contributed by atoms with Crippen LogP contribution < -0.4 is 9.47 Å². The SMILES string of the molecule is CCOc1cc(/C=C/C(=O)N(C)Cc2ccsc2)cc(Cl)c1OC. The number of hydrogen-bond acceptors (Lipinski definition) is 4. The summed E-state index contributed by atoms with van der Waals surface area (Å²) in [5, 5.41) is 4.48. The number of amides is 1. The van der Waals surface area contributed by atoms with E-state index in [2.05, 4.69) is 0 Å². The van der Waals surface area contributed by atoms with Crippen molar-refractivity contribution < 1.29 is 14.3 Å². The van der Waals surface area contributed by atoms with Gasteiger partial charge in [-0.2, -0.15) is 11.3 Å². The largest absolute Gasteiger partial charge is 0.491 e. The first-order valence-corrected chi connectivity index (χ1v) is 8.81. The van der Waals surface area contributed by atoms with Crippen molar-refractivity contribution in [2.24, 2.45) is 0 Å². The highest BCUT2D eigenvalue weighted by molar-refractivity contribution is 7.07. The summed E-state index contributed by atoms with van der Waals surface area (Å²) in [7, 11) is 3.32. The van der Waals surface area contributed by atoms with Gasteiger partial charge in [-0.05, 0) is 53.1 Å². The number of carbonyl (C=O) groups excluding carboxylic acids is 1. The summed E-state index contributed by atoms with van der Waals surface area (Å²) in [6.45, 7) is 2.97. The summed E-state index contributed by atoms with van der Waals surface area (Å²) in [6, 6.07) is 5.55. The Bertz CT molecular complexity index is 713. The smallest absolute Gasteiger partial charge is 0.246 e. The maximum Gasteiger partial charge on any atom is 0.246 e. The van der Waals surface area contributed by atoms with E-state index in [4.69, 9.17) is 21.1 Å². The second-order valence-electron chi connectivity index (χ2n) is 5.13. The zero-order valence-electron chi connectivity index (χ0n) is 13.9. The van der Waals surface area contributed by atoms with Gasteiger partial charge in [-0.25, -0.2) is 0 Å². The number of hydrogen-bond donors (Lipinski definition) is 0. The number of carbonyl (C=O) groups is 1. The van der Waals surface area contributed by atoms with E-state index >= 15 is 0 Å². The maximum atomic E-state index is 12.2. The molecule has 1 aromatic carbocycles. The van der Waals surface area contributed by atoms with Gasteiger partial charge in [-0.3, -0.25) is 4.79 Å². The van der Waals surface area contributed by atoms with E-state index in [9.17, 15) is 4.79 Å². The number of likely N-dealkylation sites (N-methyl/N-ethyl adjacent to an activating group) is 1. The third-order valence-corrected chi connectivity index (χ3v) is 4.34. The molecule has 0 aliphatic rings. The van der Waals surface area contributed by atoms with Gasteiger partial charge in [0.2, 0.25) is 5.91 Å². The van der Waals surface area contributed by atoms with Crippen LogP contribution in [0.3, 0.4) is 0 Å². The van der Waals surface area contributed by atoms with Crippen molar-refractivity contribution in [3.8, 4) is 11.5 Å². The Morgan fingerprint density at radius 3 is 2.83 bits per heavy atom. The standard InChI is InChI=1S/C18H20ClNO3S/c1-4-23-16-10-13(9-15(19)18(16)22-3)5-6-17(21)20(2)11-14-7-8-24-12-14/h5-10,12H,4,11H2,1-3H3/b6-5+. The summed E-state index contributed by atoms with van der Waals surface area (Å²) in [5.41, 5.74) is 1.90. The molecule has 0 atom stereocenters. The molecule has 0 aliphatic heterocycles. The Kier molecular flexibility index (Phi) is 6.70. The molecule has 0 N–H and O–H groups in total. The maximum absolute atomic E-state index is 12.2. The summed E-state index contributed by atoms with van der Waals surface area (Å²) < 4.78 is 10.8. The normalized spacial score (nSPS) is 10.8. The van der Waals surface area contributed by atoms with Crippen molar-refractivity contribution in [3.05, 3.63) is 51.2 Å². The van der Waals surface area contributed by atoms with Crippen molar-refractivity contribution in [2.45, 2.75) is 13.5 Å². The zero-order chi connectivity index (χ0) is 17.5. The highest BCUT2D eigenvalue weighted by Gasteiger charge is 2.11. The third-order valence-electron chi connectivity index (χ3n) is 3.33. The lowest BCUT2D eigenvalue weighted by atomic mass is 10.2. The Morgan fingerprint density at radius 2 is 2.21 bits per heavy atom. The topological polar surface area (TPSA) is 38.8 Å². The summed E-state index contributed by atoms with van der Waals surface area (Å²) >= 11 is 7.83. The van der Waals surface area contributed by atoms with Gasteiger partial charge in [0.05, 0.1) is 18.7 Å². The summed E-state index contributed by atoms with van der Waals surface area (Å²) in [5.74, 6) is 0.980. The van der Waals surface area contributed by atoms with Crippen LogP contribution in [-0.2, 0) is 11.3 Å². The van der Waals surface area contributed by atoms with Crippen LogP contribution in [0.15, 0.2) is 35.0 Å². The van der Waals surface area contributed by atoms with Crippen molar-refractivity contribution in [2.75, 3.05) is 20.8 Å². The van der Waals surface area contributed by atoms with Crippen molar-refractivity contribution in [1.82, 2.24) is 4.90 Å². The molecular formula is C18H20ClNO3S. The number of nitrogens with zero attached hydrogens (tertiary/aromatic N) is 1. The molecule has 6 heteroatoms. The number of ether oxygens (including phenoxy) is 2. The molecule has 0 saturated heterocycles. The lowest BCUT2D eigenvalue weighted by Gasteiger charge is -2.14. The minimum atomic E-state index is -0.0777. The highest BCUT2D eigenvalue weighted by Crippen LogP contribution is 2.36. The number of thiophene rings is 1. The molecule has 0 spiro atoms. The lowest BCUT2D eigenvalue weighted by molar-refractivity contribution is -0.125. The number of halogens is 1. The van der Waals surface area contributed by atoms with Crippen LogP contribution in [0.2, 0.25) is 5.02 Å². The molecule has 0 saturated carbocycles. The fraction of sp³-hybridized carbons (Fsp3) is 0.278. The molecule has 128 valence electrons. The van der Waals surface area contributed by atoms with Crippen molar-refractivity contribution in [1.29, 1.82) is 0 Å². The van der Waals surface area contributed by atoms with E-state index in [-0.39, 0.29) is 5.91 Å². The fourth-order valence-corrected chi connectivity index (χ4v) is 3.13. The molecule has 2 aromatic rings. The fourth-order valence-electron chi connectivity index (χ4n) is 2.17. The Morgan fingerprint density at radius 1 is 1.42 bits per heavy atom. The summed E-state index contributed by atoms with van der Waals surface area (Å²) in [6.07, 6.45) is 3.25. The van der Waals surface area contributed by atoms with Crippen LogP contribution in [0.5, 0.6) is 11.5 Å². The van der Waals surface area contributed by atoms with Crippen LogP contribution in [0.4, 0.5) is 0 Å². The van der Waals surface area contributed by atoms with Crippen LogP contribution >= 0.6 is 22.9 Å². The van der Waals surface area contributed by atoms with E-state index < -0.39 is 0 Å². The van der Waals surface area contributed by atoms with Gasteiger partial charge in [0.15, 0.2) is 11.5 Å². The van der Waals surface area contributed by atoms with E-state index in [1.165, 1.54) is 6.08 Å². The van der Waals surface area contributed by atoms with Gasteiger partial charge in [0, 0.05) is 19.7 Å². The number of benzene rings is 1. The average Bonchev–Trinajstić information content (AvgIpc) is 3.05. The molecule has 0 aliphatic carbocycles. The molecule has 0 unspecified atom stereocenters. The first-order valence-electron chi connectivity index (χ1n) is 7.49. The predicted molar refractivity (Wildman–Crippen MR) is 99.0 cm³/mol. The van der Waals surface area contributed by atoms with Gasteiger partial charge < -0.3 is 14.4 Å². The minimum absolute atomic E-state index is 0.0777. The van der Waals surface area contributed by atoms with Gasteiger partial charge in [-0.1, -0.05) is 11.6 Å². The Hall–Kier alpha value is -1.98. The molecule has 0 radical (unpaired) electrons. The van der Waals surface area contributed by atoms with E-state index in [1.807, 2.05) is 23.8 Å². The number of rotatable bonds is 7. The molecule has 0 fully saturated rings. The lowest BCUT2D eigenvalue weighted by Crippen LogP contribution is -2.23. The molecule has 1 heterocycles. The first kappa shape index (κ1) is 18.4. The van der Waals surface area contributed by atoms with Crippen LogP contribution in [-0.4, -0.2) is 31.6 Å². The molecule has 1 aromatic heterocycles. The number of methoxy groups -OCH3 is 1. The van der Waals surface area contributed by atoms with Crippen LogP contribution in [0, 0.1) is 0 Å². The van der Waals surface area contributed by atoms with Gasteiger partial charge in [-0.15, -0.1) is 0 Å². The van der Waals surface area contributed by atoms with Crippen molar-refractivity contribution >= 4 is 34.9 Å². The predicted octanol–water partition coefficient (Wildman–Crippen LogP) is 4.48. The highest BCUT2D eigenvalue weighted by atomic mass is 35.5. The monoisotopic (exact) mass is 365 g/mol. The zero-order valence-corrected chi connectivity index (χ0v) is 15.5. The second kappa shape index (κ2) is 8.76. The molecule has 0 bridgehead atoms. The Balaban J connectivity index is 2.11. The van der Waals surface area contributed by atoms with Gasteiger partial charge in [0.25, 0.3) is 0 Å². The van der Waals surface area contributed by atoms with Crippen LogP contribution in [0.25, 0.3) is 6.08 Å². The van der Waals surface area contributed by atoms with Crippen molar-refractivity contribution in [3.63, 3.8) is 0 Å². The summed E-state index contributed by atoms with van der Waals surface area (Å²) in [4.78, 5) is 13.9. The Labute approximate surface area is 151 Å². The minimum Gasteiger partial charge on any atom is -0.491 e. The third kappa shape index (κ3) is 4.76. The van der Waals surface area contributed by atoms with Gasteiger partial charge in [0.1, 0.15) is 0 Å². The van der Waals surface area contributed by atoms with E-state index in [0.717, 1.165) is 11.1 Å². The molecule has 1 amide bonds. The molecule has 2 rings (SSSR count). The molecular weight excluding hydrogens is 346 g/mol. The van der Waals surface area contributed by atoms with Gasteiger partial charge >= 0.3 is 0 Å². The average molecular weight is 366 g/mol. The van der Waals surface area contributed by atoms with E-state index in [0.29, 0.717) is 29.7 Å². The second-order valence-corrected chi connectivity index (χ2v) is 6.31. The van der Waals surface area contributed by atoms with Crippen LogP contribution in [0.1, 0.15) is 18.1 Å².